The maximum Gasteiger partial charge on any atom is 0.419 e. The van der Waals surface area contributed by atoms with Gasteiger partial charge in [-0.3, -0.25) is 9.88 Å². The largest absolute Gasteiger partial charge is 0.457 e. The third kappa shape index (κ3) is 6.78. The van der Waals surface area contributed by atoms with Gasteiger partial charge in [-0.15, -0.1) is 0 Å². The van der Waals surface area contributed by atoms with E-state index in [2.05, 4.69) is 20.5 Å². The number of nitrogens with one attached hydrogen (secondary N) is 2. The molecule has 1 fully saturated rings. The second-order valence-corrected chi connectivity index (χ2v) is 8.80. The van der Waals surface area contributed by atoms with Gasteiger partial charge in [0.2, 0.25) is 0 Å². The summed E-state index contributed by atoms with van der Waals surface area (Å²) in [6.45, 7) is 3.79. The van der Waals surface area contributed by atoms with Gasteiger partial charge in [0.25, 0.3) is 0 Å². The van der Waals surface area contributed by atoms with Crippen molar-refractivity contribution in [3.63, 3.8) is 0 Å². The molecule has 0 unspecified atom stereocenters. The van der Waals surface area contributed by atoms with E-state index in [0.29, 0.717) is 54.6 Å². The van der Waals surface area contributed by atoms with Crippen LogP contribution in [0.3, 0.4) is 0 Å². The Morgan fingerprint density at radius 3 is 2.36 bits per heavy atom. The molecule has 0 spiro atoms. The van der Waals surface area contributed by atoms with E-state index in [1.54, 1.807) is 42.6 Å². The minimum Gasteiger partial charge on any atom is -0.457 e. The van der Waals surface area contributed by atoms with Crippen molar-refractivity contribution in [2.45, 2.75) is 12.7 Å². The summed E-state index contributed by atoms with van der Waals surface area (Å²) in [5, 5.41) is 4.77. The lowest BCUT2D eigenvalue weighted by atomic mass is 10.2. The van der Waals surface area contributed by atoms with Crippen LogP contribution in [-0.4, -0.2) is 47.2 Å². The van der Waals surface area contributed by atoms with Gasteiger partial charge in [0, 0.05) is 37.1 Å². The second-order valence-electron chi connectivity index (χ2n) is 8.80. The summed E-state index contributed by atoms with van der Waals surface area (Å²) in [6.07, 6.45) is -3.11. The minimum atomic E-state index is -4.88. The lowest BCUT2D eigenvalue weighted by molar-refractivity contribution is -0.139. The number of fused-ring (bicyclic) bond motifs is 1. The Labute approximate surface area is 220 Å². The van der Waals surface area contributed by atoms with E-state index in [-0.39, 0.29) is 5.69 Å². The summed E-state index contributed by atoms with van der Waals surface area (Å²) in [5.74, 6) is -0.377. The van der Waals surface area contributed by atoms with Gasteiger partial charge in [-0.05, 0) is 54.6 Å². The lowest BCUT2D eigenvalue weighted by Gasteiger charge is -2.26. The van der Waals surface area contributed by atoms with Crippen molar-refractivity contribution in [2.75, 3.05) is 36.9 Å². The van der Waals surface area contributed by atoms with Crippen molar-refractivity contribution >= 4 is 28.4 Å². The summed E-state index contributed by atoms with van der Waals surface area (Å²) in [7, 11) is 0. The van der Waals surface area contributed by atoms with Gasteiger partial charge < -0.3 is 20.1 Å². The molecule has 0 radical (unpaired) electrons. The number of amides is 2. The molecule has 2 N–H and O–H groups in total. The Bertz CT molecular complexity index is 1480. The number of carbonyl (C=O) groups excluding carboxylic acids is 1. The van der Waals surface area contributed by atoms with Crippen LogP contribution >= 0.6 is 0 Å². The van der Waals surface area contributed by atoms with Crippen molar-refractivity contribution in [3.8, 4) is 11.5 Å². The fourth-order valence-electron chi connectivity index (χ4n) is 4.01. The van der Waals surface area contributed by atoms with Crippen molar-refractivity contribution in [1.82, 2.24) is 14.9 Å². The number of nitrogens with zero attached hydrogens (tertiary/aromatic N) is 3. The van der Waals surface area contributed by atoms with E-state index in [9.17, 15) is 22.4 Å². The number of benzene rings is 3. The molecular formula is C27H23F4N5O3. The number of aromatic nitrogens is 2. The Morgan fingerprint density at radius 2 is 1.62 bits per heavy atom. The van der Waals surface area contributed by atoms with Crippen LogP contribution < -0.4 is 15.4 Å². The van der Waals surface area contributed by atoms with Crippen molar-refractivity contribution < 1.29 is 31.8 Å². The molecule has 0 atom stereocenters. The number of alkyl halides is 3. The van der Waals surface area contributed by atoms with Crippen LogP contribution in [0, 0.1) is 5.82 Å². The predicted molar refractivity (Wildman–Crippen MR) is 136 cm³/mol. The summed E-state index contributed by atoms with van der Waals surface area (Å²) in [5.41, 5.74) is 0.994. The zero-order chi connectivity index (χ0) is 27.4. The predicted octanol–water partition coefficient (Wildman–Crippen LogP) is 6.06. The molecule has 39 heavy (non-hydrogen) atoms. The average molecular weight is 542 g/mol. The van der Waals surface area contributed by atoms with Crippen LogP contribution in [-0.2, 0) is 17.5 Å². The monoisotopic (exact) mass is 541 g/mol. The molecule has 0 saturated carbocycles. The smallest absolute Gasteiger partial charge is 0.419 e. The van der Waals surface area contributed by atoms with Crippen LogP contribution in [0.4, 0.5) is 33.7 Å². The first kappa shape index (κ1) is 26.3. The van der Waals surface area contributed by atoms with Gasteiger partial charge in [-0.2, -0.15) is 13.2 Å². The van der Waals surface area contributed by atoms with E-state index in [1.807, 2.05) is 6.07 Å². The topological polar surface area (TPSA) is 88.6 Å². The zero-order valence-electron chi connectivity index (χ0n) is 20.5. The first-order valence-electron chi connectivity index (χ1n) is 12.0. The number of urea groups is 1. The Hall–Kier alpha value is -4.29. The number of rotatable bonds is 6. The highest BCUT2D eigenvalue weighted by Gasteiger charge is 2.34. The number of ether oxygens (including phenoxy) is 2. The number of halogens is 4. The Kier molecular flexibility index (Phi) is 7.57. The third-order valence-electron chi connectivity index (χ3n) is 5.93. The van der Waals surface area contributed by atoms with Crippen LogP contribution in [0.25, 0.3) is 11.0 Å². The molecule has 5 rings (SSSR count). The Morgan fingerprint density at radius 1 is 0.923 bits per heavy atom. The highest BCUT2D eigenvalue weighted by molar-refractivity contribution is 5.99. The summed E-state index contributed by atoms with van der Waals surface area (Å²) < 4.78 is 63.4. The number of hydrogen-bond donors (Lipinski definition) is 2. The summed E-state index contributed by atoms with van der Waals surface area (Å²) in [6, 6.07) is 13.2. The third-order valence-corrected chi connectivity index (χ3v) is 5.93. The van der Waals surface area contributed by atoms with Gasteiger partial charge in [0.15, 0.2) is 0 Å². The minimum absolute atomic E-state index is 0.200. The number of anilines is 2. The van der Waals surface area contributed by atoms with E-state index < -0.39 is 23.6 Å². The van der Waals surface area contributed by atoms with Crippen LogP contribution in [0.2, 0.25) is 0 Å². The fourth-order valence-corrected chi connectivity index (χ4v) is 4.01. The first-order valence-corrected chi connectivity index (χ1v) is 12.0. The van der Waals surface area contributed by atoms with E-state index >= 15 is 0 Å². The molecule has 1 aliphatic heterocycles. The fraction of sp³-hybridized carbons (Fsp3) is 0.222. The average Bonchev–Trinajstić information content (AvgIpc) is 2.91. The standard InChI is InChI=1S/C27H23F4N5O3/c28-23-7-3-18(13-22(23)27(29,30)31)35-26(37)34-17-1-4-20(5-2-17)39-21-6-8-24-25(14-21)33-19(15-32-24)16-36-9-11-38-12-10-36/h1-8,13-15H,9-12,16H2,(H2,34,35,37). The number of hydrogen-bond acceptors (Lipinski definition) is 6. The molecule has 2 amide bonds. The van der Waals surface area contributed by atoms with E-state index in [0.717, 1.165) is 30.4 Å². The van der Waals surface area contributed by atoms with Gasteiger partial charge in [0.1, 0.15) is 17.3 Å². The van der Waals surface area contributed by atoms with Crippen LogP contribution in [0.5, 0.6) is 11.5 Å². The van der Waals surface area contributed by atoms with Gasteiger partial charge in [0.05, 0.1) is 41.7 Å². The molecule has 0 bridgehead atoms. The molecule has 3 aromatic carbocycles. The summed E-state index contributed by atoms with van der Waals surface area (Å²) in [4.78, 5) is 23.7. The molecule has 1 saturated heterocycles. The maximum absolute atomic E-state index is 13.5. The highest BCUT2D eigenvalue weighted by atomic mass is 19.4. The second kappa shape index (κ2) is 11.2. The highest BCUT2D eigenvalue weighted by Crippen LogP contribution is 2.33. The van der Waals surface area contributed by atoms with Crippen LogP contribution in [0.1, 0.15) is 11.3 Å². The first-order chi connectivity index (χ1) is 18.7. The van der Waals surface area contributed by atoms with E-state index in [1.165, 1.54) is 0 Å². The molecule has 12 heteroatoms. The SMILES string of the molecule is O=C(Nc1ccc(Oc2ccc3ncc(CN4CCOCC4)nc3c2)cc1)Nc1ccc(F)c(C(F)(F)F)c1. The molecule has 8 nitrogen and oxygen atoms in total. The van der Waals surface area contributed by atoms with E-state index in [4.69, 9.17) is 14.5 Å². The molecular weight excluding hydrogens is 518 g/mol. The molecule has 1 aliphatic rings. The van der Waals surface area contributed by atoms with Crippen molar-refractivity contribution in [3.05, 3.63) is 83.9 Å². The van der Waals surface area contributed by atoms with Crippen molar-refractivity contribution in [1.29, 1.82) is 0 Å². The normalized spacial score (nSPS) is 14.3. The Balaban J connectivity index is 1.20. The quantitative estimate of drug-likeness (QED) is 0.289. The summed E-state index contributed by atoms with van der Waals surface area (Å²) >= 11 is 0. The number of morpholine rings is 1. The molecule has 2 heterocycles. The van der Waals surface area contributed by atoms with Gasteiger partial charge in [-0.25, -0.2) is 14.2 Å². The molecule has 4 aromatic rings. The molecule has 202 valence electrons. The number of carbonyl (C=O) groups is 1. The van der Waals surface area contributed by atoms with Gasteiger partial charge >= 0.3 is 12.2 Å². The van der Waals surface area contributed by atoms with Crippen LogP contribution in [0.15, 0.2) is 66.9 Å². The maximum atomic E-state index is 13.5. The van der Waals surface area contributed by atoms with Crippen molar-refractivity contribution in [2.24, 2.45) is 0 Å². The molecule has 1 aromatic heterocycles. The molecule has 0 aliphatic carbocycles. The zero-order valence-corrected chi connectivity index (χ0v) is 20.5. The lowest BCUT2D eigenvalue weighted by Crippen LogP contribution is -2.35. The van der Waals surface area contributed by atoms with Gasteiger partial charge in [-0.1, -0.05) is 0 Å².